The number of benzene rings is 1. The largest absolute Gasteiger partial charge is 0.313 e. The zero-order chi connectivity index (χ0) is 14.4. The van der Waals surface area contributed by atoms with Crippen molar-refractivity contribution in [1.29, 1.82) is 0 Å². The molecular weight excluding hydrogens is 253 g/mol. The topological polar surface area (TPSA) is 18.5 Å². The minimum Gasteiger partial charge on any atom is -0.313 e. The van der Waals surface area contributed by atoms with Crippen molar-refractivity contribution < 1.29 is 4.39 Å². The summed E-state index contributed by atoms with van der Waals surface area (Å²) in [6.45, 7) is 5.70. The van der Waals surface area contributed by atoms with Gasteiger partial charge in [0.25, 0.3) is 0 Å². The Kier molecular flexibility index (Phi) is 5.95. The maximum Gasteiger partial charge on any atom is 0.123 e. The summed E-state index contributed by atoms with van der Waals surface area (Å²) in [5.41, 5.74) is 1.04. The summed E-state index contributed by atoms with van der Waals surface area (Å²) in [7, 11) is 4.14. The van der Waals surface area contributed by atoms with Gasteiger partial charge in [0.15, 0.2) is 0 Å². The van der Waals surface area contributed by atoms with Crippen molar-refractivity contribution in [2.45, 2.75) is 18.9 Å². The van der Waals surface area contributed by atoms with Gasteiger partial charge in [-0.25, -0.2) is 4.39 Å². The van der Waals surface area contributed by atoms with Crippen LogP contribution in [0.1, 0.15) is 24.4 Å². The monoisotopic (exact) mass is 279 g/mol. The zero-order valence-corrected chi connectivity index (χ0v) is 12.6. The van der Waals surface area contributed by atoms with Crippen molar-refractivity contribution >= 4 is 0 Å². The predicted octanol–water partition coefficient (Wildman–Crippen LogP) is 2.11. The number of nitrogens with zero attached hydrogens (tertiary/aromatic N) is 2. The second kappa shape index (κ2) is 7.72. The van der Waals surface area contributed by atoms with Crippen LogP contribution in [-0.4, -0.2) is 56.6 Å². The summed E-state index contributed by atoms with van der Waals surface area (Å²) in [6.07, 6.45) is 2.25. The first-order valence-electron chi connectivity index (χ1n) is 7.52. The van der Waals surface area contributed by atoms with E-state index in [4.69, 9.17) is 0 Å². The van der Waals surface area contributed by atoms with E-state index in [-0.39, 0.29) is 11.9 Å². The summed E-state index contributed by atoms with van der Waals surface area (Å²) < 4.78 is 13.3. The molecule has 0 aliphatic carbocycles. The van der Waals surface area contributed by atoms with Gasteiger partial charge in [0.1, 0.15) is 5.82 Å². The third-order valence-electron chi connectivity index (χ3n) is 4.15. The first-order valence-corrected chi connectivity index (χ1v) is 7.52. The number of rotatable bonds is 5. The Labute approximate surface area is 121 Å². The first kappa shape index (κ1) is 15.4. The Hall–Kier alpha value is -0.970. The van der Waals surface area contributed by atoms with Crippen molar-refractivity contribution in [3.63, 3.8) is 0 Å². The van der Waals surface area contributed by atoms with Crippen LogP contribution in [0.4, 0.5) is 4.39 Å². The zero-order valence-electron chi connectivity index (χ0n) is 12.6. The van der Waals surface area contributed by atoms with Crippen LogP contribution in [0.15, 0.2) is 24.3 Å². The van der Waals surface area contributed by atoms with Gasteiger partial charge in [0.2, 0.25) is 0 Å². The smallest absolute Gasteiger partial charge is 0.123 e. The van der Waals surface area contributed by atoms with Crippen LogP contribution >= 0.6 is 0 Å². The molecule has 1 fully saturated rings. The molecule has 0 radical (unpaired) electrons. The normalized spacial score (nSPS) is 19.8. The van der Waals surface area contributed by atoms with E-state index in [2.05, 4.69) is 22.2 Å². The molecule has 0 amide bonds. The van der Waals surface area contributed by atoms with Crippen LogP contribution in [0.2, 0.25) is 0 Å². The van der Waals surface area contributed by atoms with Gasteiger partial charge in [-0.15, -0.1) is 0 Å². The molecule has 1 atom stereocenters. The third-order valence-corrected chi connectivity index (χ3v) is 4.15. The van der Waals surface area contributed by atoms with Crippen LogP contribution in [-0.2, 0) is 0 Å². The van der Waals surface area contributed by atoms with E-state index in [1.165, 1.54) is 25.6 Å². The molecule has 1 N–H and O–H groups in total. The lowest BCUT2D eigenvalue weighted by Gasteiger charge is -2.24. The highest BCUT2D eigenvalue weighted by molar-refractivity contribution is 5.20. The van der Waals surface area contributed by atoms with Crippen molar-refractivity contribution in [2.24, 2.45) is 0 Å². The average Bonchev–Trinajstić information content (AvgIpc) is 2.64. The second-order valence-electron chi connectivity index (χ2n) is 5.68. The van der Waals surface area contributed by atoms with Gasteiger partial charge >= 0.3 is 0 Å². The van der Waals surface area contributed by atoms with Crippen molar-refractivity contribution in [3.8, 4) is 0 Å². The van der Waals surface area contributed by atoms with Crippen LogP contribution in [0.25, 0.3) is 0 Å². The van der Waals surface area contributed by atoms with Crippen molar-refractivity contribution in [1.82, 2.24) is 15.1 Å². The first-order chi connectivity index (χ1) is 9.69. The Morgan fingerprint density at radius 3 is 2.85 bits per heavy atom. The molecular formula is C16H26FN3. The summed E-state index contributed by atoms with van der Waals surface area (Å²) >= 11 is 0. The lowest BCUT2D eigenvalue weighted by molar-refractivity contribution is 0.262. The molecule has 20 heavy (non-hydrogen) atoms. The molecule has 1 saturated heterocycles. The lowest BCUT2D eigenvalue weighted by atomic mass is 10.0. The second-order valence-corrected chi connectivity index (χ2v) is 5.68. The molecule has 0 aromatic heterocycles. The van der Waals surface area contributed by atoms with Gasteiger partial charge in [-0.2, -0.15) is 0 Å². The number of hydrogen-bond donors (Lipinski definition) is 1. The Balaban J connectivity index is 1.87. The molecule has 0 bridgehead atoms. The van der Waals surface area contributed by atoms with Gasteiger partial charge in [0, 0.05) is 19.1 Å². The van der Waals surface area contributed by atoms with Crippen molar-refractivity contribution in [2.75, 3.05) is 46.8 Å². The molecule has 1 aliphatic rings. The van der Waals surface area contributed by atoms with Crippen LogP contribution < -0.4 is 5.32 Å². The summed E-state index contributed by atoms with van der Waals surface area (Å²) in [6, 6.07) is 7.15. The molecule has 1 aromatic rings. The third kappa shape index (κ3) is 4.54. The van der Waals surface area contributed by atoms with E-state index in [9.17, 15) is 4.39 Å². The minimum atomic E-state index is -0.154. The summed E-state index contributed by atoms with van der Waals surface area (Å²) in [5, 5.41) is 3.31. The van der Waals surface area contributed by atoms with Gasteiger partial charge in [-0.3, -0.25) is 0 Å². The molecule has 2 rings (SSSR count). The number of halogens is 1. The highest BCUT2D eigenvalue weighted by Crippen LogP contribution is 2.18. The maximum absolute atomic E-state index is 13.3. The molecule has 1 aromatic carbocycles. The number of nitrogens with one attached hydrogen (secondary N) is 1. The molecule has 1 unspecified atom stereocenters. The van der Waals surface area contributed by atoms with Crippen LogP contribution in [0.5, 0.6) is 0 Å². The van der Waals surface area contributed by atoms with Gasteiger partial charge in [0.05, 0.1) is 0 Å². The fourth-order valence-electron chi connectivity index (χ4n) is 2.84. The highest BCUT2D eigenvalue weighted by atomic mass is 19.1. The lowest BCUT2D eigenvalue weighted by Crippen LogP contribution is -2.32. The Morgan fingerprint density at radius 2 is 2.10 bits per heavy atom. The highest BCUT2D eigenvalue weighted by Gasteiger charge is 2.15. The van der Waals surface area contributed by atoms with Crippen molar-refractivity contribution in [3.05, 3.63) is 35.6 Å². The molecule has 4 heteroatoms. The van der Waals surface area contributed by atoms with Crippen LogP contribution in [0.3, 0.4) is 0 Å². The molecule has 1 heterocycles. The SMILES string of the molecule is CNC(CCN1CCCN(C)CC1)c1cccc(F)c1. The van der Waals surface area contributed by atoms with E-state index in [1.54, 1.807) is 12.1 Å². The molecule has 112 valence electrons. The van der Waals surface area contributed by atoms with Gasteiger partial charge in [-0.05, 0) is 64.3 Å². The van der Waals surface area contributed by atoms with Gasteiger partial charge < -0.3 is 15.1 Å². The number of hydrogen-bond acceptors (Lipinski definition) is 3. The Morgan fingerprint density at radius 1 is 1.25 bits per heavy atom. The Bertz CT molecular complexity index is 410. The minimum absolute atomic E-state index is 0.154. The summed E-state index contributed by atoms with van der Waals surface area (Å²) in [5.74, 6) is -0.154. The quantitative estimate of drug-likeness (QED) is 0.890. The standard InChI is InChI=1S/C16H26FN3/c1-18-16(14-5-3-6-15(17)13-14)7-10-20-9-4-8-19(2)11-12-20/h3,5-6,13,16,18H,4,7-12H2,1-2H3. The molecule has 3 nitrogen and oxygen atoms in total. The van der Waals surface area contributed by atoms with Crippen LogP contribution in [0, 0.1) is 5.82 Å². The van der Waals surface area contributed by atoms with E-state index in [1.807, 2.05) is 13.1 Å². The predicted molar refractivity (Wildman–Crippen MR) is 81.4 cm³/mol. The molecule has 0 saturated carbocycles. The fourth-order valence-corrected chi connectivity index (χ4v) is 2.84. The van der Waals surface area contributed by atoms with E-state index < -0.39 is 0 Å². The maximum atomic E-state index is 13.3. The van der Waals surface area contributed by atoms with E-state index >= 15 is 0 Å². The fraction of sp³-hybridized carbons (Fsp3) is 0.625. The van der Waals surface area contributed by atoms with E-state index in [0.29, 0.717) is 0 Å². The number of likely N-dealkylation sites (N-methyl/N-ethyl adjacent to an activating group) is 1. The average molecular weight is 279 g/mol. The summed E-state index contributed by atoms with van der Waals surface area (Å²) in [4.78, 5) is 4.91. The molecule has 0 spiro atoms. The van der Waals surface area contributed by atoms with Gasteiger partial charge in [-0.1, -0.05) is 12.1 Å². The molecule has 1 aliphatic heterocycles. The van der Waals surface area contributed by atoms with E-state index in [0.717, 1.165) is 31.6 Å².